The molecule has 0 bridgehead atoms. The van der Waals surface area contributed by atoms with Crippen LogP contribution in [0.3, 0.4) is 0 Å². The van der Waals surface area contributed by atoms with Crippen LogP contribution in [0.5, 0.6) is 0 Å². The fourth-order valence-electron chi connectivity index (χ4n) is 4.22. The van der Waals surface area contributed by atoms with E-state index in [0.29, 0.717) is 5.52 Å². The predicted octanol–water partition coefficient (Wildman–Crippen LogP) is 6.51. The minimum absolute atomic E-state index is 0.377. The lowest BCUT2D eigenvalue weighted by Gasteiger charge is -2.31. The Labute approximate surface area is 209 Å². The van der Waals surface area contributed by atoms with Crippen molar-refractivity contribution in [3.05, 3.63) is 71.9 Å². The van der Waals surface area contributed by atoms with Gasteiger partial charge in [0.25, 0.3) is 0 Å². The van der Waals surface area contributed by atoms with Crippen molar-refractivity contribution in [3.8, 4) is 0 Å². The normalized spacial score (nSPS) is 14.7. The van der Waals surface area contributed by atoms with Crippen LogP contribution in [0.1, 0.15) is 24.0 Å². The summed E-state index contributed by atoms with van der Waals surface area (Å²) in [6.45, 7) is 7.20. The van der Waals surface area contributed by atoms with E-state index in [4.69, 9.17) is 0 Å². The van der Waals surface area contributed by atoms with E-state index >= 15 is 0 Å². The fourth-order valence-corrected chi connectivity index (χ4v) is 5.18. The van der Waals surface area contributed by atoms with Crippen LogP contribution in [0.4, 0.5) is 24.5 Å². The number of pyridine rings is 1. The Morgan fingerprint density at radius 2 is 1.86 bits per heavy atom. The van der Waals surface area contributed by atoms with E-state index in [0.717, 1.165) is 79.4 Å². The second-order valence-corrected chi connectivity index (χ2v) is 9.74. The molecule has 186 valence electrons. The molecular weight excluding hydrogens is 469 g/mol. The third kappa shape index (κ3) is 6.92. The van der Waals surface area contributed by atoms with Crippen molar-refractivity contribution in [1.82, 2.24) is 10.3 Å². The van der Waals surface area contributed by atoms with Gasteiger partial charge in [0.05, 0.1) is 11.1 Å². The number of benzene rings is 2. The van der Waals surface area contributed by atoms with Crippen molar-refractivity contribution in [2.75, 3.05) is 48.7 Å². The summed E-state index contributed by atoms with van der Waals surface area (Å²) in [7, 11) is 0. The average molecular weight is 501 g/mol. The number of aromatic nitrogens is 1. The quantitative estimate of drug-likeness (QED) is 0.199. The van der Waals surface area contributed by atoms with Crippen LogP contribution in [-0.2, 0) is 6.18 Å². The monoisotopic (exact) mass is 500 g/mol. The number of nitrogens with one attached hydrogen (secondary N) is 2. The molecule has 8 heteroatoms. The summed E-state index contributed by atoms with van der Waals surface area (Å²) >= 11 is 1.64. The minimum Gasteiger partial charge on any atom is -0.385 e. The fraction of sp³-hybridized carbons (Fsp3) is 0.370. The summed E-state index contributed by atoms with van der Waals surface area (Å²) < 4.78 is 38.8. The van der Waals surface area contributed by atoms with Crippen molar-refractivity contribution in [2.24, 2.45) is 0 Å². The highest BCUT2D eigenvalue weighted by Gasteiger charge is 2.30. The molecule has 1 fully saturated rings. The Kier molecular flexibility index (Phi) is 8.57. The Hall–Kier alpha value is -2.71. The van der Waals surface area contributed by atoms with Crippen LogP contribution in [0, 0.1) is 6.92 Å². The number of alkyl halides is 3. The maximum Gasteiger partial charge on any atom is 0.416 e. The first-order valence-electron chi connectivity index (χ1n) is 12.0. The Morgan fingerprint density at radius 1 is 1.06 bits per heavy atom. The number of nitrogens with zero attached hydrogens (tertiary/aromatic N) is 2. The number of halogens is 3. The van der Waals surface area contributed by atoms with Gasteiger partial charge in [-0.25, -0.2) is 0 Å². The van der Waals surface area contributed by atoms with Gasteiger partial charge in [0, 0.05) is 66.3 Å². The van der Waals surface area contributed by atoms with E-state index in [1.165, 1.54) is 17.3 Å². The zero-order valence-electron chi connectivity index (χ0n) is 19.9. The maximum absolute atomic E-state index is 12.9. The molecule has 2 N–H and O–H groups in total. The molecule has 3 aromatic rings. The molecule has 0 aliphatic carbocycles. The number of hydrogen-bond donors (Lipinski definition) is 2. The van der Waals surface area contributed by atoms with E-state index in [2.05, 4.69) is 57.8 Å². The molecule has 35 heavy (non-hydrogen) atoms. The second kappa shape index (κ2) is 11.8. The molecule has 1 aliphatic heterocycles. The van der Waals surface area contributed by atoms with Gasteiger partial charge in [0.15, 0.2) is 0 Å². The topological polar surface area (TPSA) is 40.2 Å². The molecule has 0 radical (unpaired) electrons. The number of anilines is 2. The molecule has 0 atom stereocenters. The summed E-state index contributed by atoms with van der Waals surface area (Å²) in [5.41, 5.74) is 3.47. The molecule has 0 spiro atoms. The minimum atomic E-state index is -4.36. The lowest BCUT2D eigenvalue weighted by Crippen LogP contribution is -2.43. The molecule has 1 aliphatic rings. The van der Waals surface area contributed by atoms with Crippen molar-refractivity contribution in [2.45, 2.75) is 30.8 Å². The number of hydrogen-bond acceptors (Lipinski definition) is 5. The number of fused-ring (bicyclic) bond motifs is 1. The summed E-state index contributed by atoms with van der Waals surface area (Å²) in [5.74, 6) is 0.858. The second-order valence-electron chi connectivity index (χ2n) is 8.60. The first-order chi connectivity index (χ1) is 16.9. The summed E-state index contributed by atoms with van der Waals surface area (Å²) in [5, 5.41) is 7.65. The molecule has 4 rings (SSSR count). The van der Waals surface area contributed by atoms with Crippen LogP contribution in [-0.4, -0.2) is 43.5 Å². The van der Waals surface area contributed by atoms with Crippen LogP contribution in [0.15, 0.2) is 65.7 Å². The van der Waals surface area contributed by atoms with E-state index in [1.807, 2.05) is 6.07 Å². The molecular formula is C27H31F3N4S. The molecule has 0 amide bonds. The molecule has 0 unspecified atom stereocenters. The molecule has 1 aromatic heterocycles. The van der Waals surface area contributed by atoms with E-state index < -0.39 is 11.7 Å². The third-order valence-corrected chi connectivity index (χ3v) is 7.14. The lowest BCUT2D eigenvalue weighted by atomic mass is 10.1. The molecule has 0 saturated carbocycles. The van der Waals surface area contributed by atoms with E-state index in [1.54, 1.807) is 18.0 Å². The predicted molar refractivity (Wildman–Crippen MR) is 141 cm³/mol. The van der Waals surface area contributed by atoms with Gasteiger partial charge in [-0.3, -0.25) is 4.98 Å². The summed E-state index contributed by atoms with van der Waals surface area (Å²) in [6, 6.07) is 12.2. The number of piperazine rings is 1. The van der Waals surface area contributed by atoms with Gasteiger partial charge < -0.3 is 15.5 Å². The van der Waals surface area contributed by atoms with Crippen LogP contribution < -0.4 is 15.5 Å². The number of allylic oxidation sites excluding steroid dienone is 1. The van der Waals surface area contributed by atoms with Gasteiger partial charge >= 0.3 is 6.18 Å². The summed E-state index contributed by atoms with van der Waals surface area (Å²) in [6.07, 6.45) is 3.39. The van der Waals surface area contributed by atoms with Gasteiger partial charge in [-0.2, -0.15) is 13.2 Å². The van der Waals surface area contributed by atoms with Crippen LogP contribution >= 0.6 is 11.8 Å². The molecule has 4 nitrogen and oxygen atoms in total. The smallest absolute Gasteiger partial charge is 0.385 e. The first kappa shape index (κ1) is 25.4. The largest absolute Gasteiger partial charge is 0.416 e. The van der Waals surface area contributed by atoms with E-state index in [9.17, 15) is 13.2 Å². The zero-order chi connectivity index (χ0) is 24.7. The number of aryl methyl sites for hydroxylation is 1. The average Bonchev–Trinajstić information content (AvgIpc) is 2.85. The van der Waals surface area contributed by atoms with Gasteiger partial charge in [-0.1, -0.05) is 18.2 Å². The van der Waals surface area contributed by atoms with Crippen molar-refractivity contribution in [1.29, 1.82) is 0 Å². The number of thioether (sulfide) groups is 1. The third-order valence-electron chi connectivity index (χ3n) is 6.03. The summed E-state index contributed by atoms with van der Waals surface area (Å²) in [4.78, 5) is 7.51. The lowest BCUT2D eigenvalue weighted by molar-refractivity contribution is -0.137. The molecule has 2 heterocycles. The Balaban J connectivity index is 1.19. The van der Waals surface area contributed by atoms with Crippen molar-refractivity contribution >= 4 is 34.0 Å². The van der Waals surface area contributed by atoms with Crippen molar-refractivity contribution < 1.29 is 13.2 Å². The Morgan fingerprint density at radius 3 is 2.63 bits per heavy atom. The maximum atomic E-state index is 12.9. The van der Waals surface area contributed by atoms with Gasteiger partial charge in [0.1, 0.15) is 0 Å². The van der Waals surface area contributed by atoms with Crippen molar-refractivity contribution in [3.63, 3.8) is 0 Å². The van der Waals surface area contributed by atoms with Gasteiger partial charge in [-0.05, 0) is 61.7 Å². The van der Waals surface area contributed by atoms with E-state index in [-0.39, 0.29) is 0 Å². The standard InChI is InChI=1S/C27H31F3N4S/c1-20-18-22(7-9-25(20)34-15-13-31-14-16-34)32-11-4-2-3-5-17-35-26-10-12-33-24-19-21(27(28,29)30)6-8-23(24)26/h2-3,6-10,12,18-19,31-32H,4-5,11,13-17H2,1H3. The van der Waals surface area contributed by atoms with Crippen LogP contribution in [0.2, 0.25) is 0 Å². The highest BCUT2D eigenvalue weighted by molar-refractivity contribution is 7.99. The molecule has 1 saturated heterocycles. The highest BCUT2D eigenvalue weighted by Crippen LogP contribution is 2.34. The van der Waals surface area contributed by atoms with Gasteiger partial charge in [0.2, 0.25) is 0 Å². The molecule has 2 aromatic carbocycles. The first-order valence-corrected chi connectivity index (χ1v) is 12.9. The zero-order valence-corrected chi connectivity index (χ0v) is 20.7. The number of rotatable bonds is 9. The van der Waals surface area contributed by atoms with Gasteiger partial charge in [-0.15, -0.1) is 11.8 Å². The Bertz CT molecular complexity index is 1160. The SMILES string of the molecule is Cc1cc(NCCC=CCCSc2ccnc3cc(C(F)(F)F)ccc23)ccc1N1CCNCC1. The van der Waals surface area contributed by atoms with Crippen LogP contribution in [0.25, 0.3) is 10.9 Å². The highest BCUT2D eigenvalue weighted by atomic mass is 32.2.